The van der Waals surface area contributed by atoms with Crippen LogP contribution in [0.1, 0.15) is 75.4 Å². The average Bonchev–Trinajstić information content (AvgIpc) is 3.05. The number of aromatic hydroxyl groups is 3. The Morgan fingerprint density at radius 1 is 0.919 bits per heavy atom. The second-order valence-corrected chi connectivity index (χ2v) is 10.3. The van der Waals surface area contributed by atoms with Crippen molar-refractivity contribution < 1.29 is 34.7 Å². The first-order chi connectivity index (χ1) is 17.4. The average molecular weight is 507 g/mol. The van der Waals surface area contributed by atoms with E-state index in [-0.39, 0.29) is 41.4 Å². The van der Waals surface area contributed by atoms with Gasteiger partial charge in [0.15, 0.2) is 0 Å². The van der Waals surface area contributed by atoms with E-state index in [0.29, 0.717) is 11.1 Å². The smallest absolute Gasteiger partial charge is 0.318 e. The van der Waals surface area contributed by atoms with Gasteiger partial charge in [0.25, 0.3) is 0 Å². The van der Waals surface area contributed by atoms with E-state index in [4.69, 9.17) is 9.47 Å². The monoisotopic (exact) mass is 506 g/mol. The maximum Gasteiger partial charge on any atom is 0.318 e. The van der Waals surface area contributed by atoms with E-state index in [1.54, 1.807) is 6.07 Å². The van der Waals surface area contributed by atoms with Gasteiger partial charge in [-0.2, -0.15) is 0 Å². The number of rotatable bonds is 7. The molecule has 0 aliphatic carbocycles. The van der Waals surface area contributed by atoms with Crippen molar-refractivity contribution in [3.63, 3.8) is 0 Å². The van der Waals surface area contributed by atoms with Gasteiger partial charge >= 0.3 is 5.79 Å². The Bertz CT molecular complexity index is 1340. The zero-order valence-corrected chi connectivity index (χ0v) is 21.9. The van der Waals surface area contributed by atoms with Crippen LogP contribution >= 0.6 is 0 Å². The molecule has 196 valence electrons. The number of Topliss-reactive ketones (excluding diaryl/α,β-unsaturated/α-hetero) is 1. The summed E-state index contributed by atoms with van der Waals surface area (Å²) in [4.78, 5) is 13.8. The molecular formula is C30H34O7. The Morgan fingerprint density at radius 3 is 2.30 bits per heavy atom. The molecular weight excluding hydrogens is 472 g/mol. The number of phenolic OH excluding ortho intramolecular Hbond substituents is 3. The van der Waals surface area contributed by atoms with E-state index < -0.39 is 22.9 Å². The molecule has 4 rings (SSSR count). The number of hydrogen-bond acceptors (Lipinski definition) is 7. The third-order valence-corrected chi connectivity index (χ3v) is 6.90. The molecule has 0 radical (unpaired) electrons. The molecule has 0 unspecified atom stereocenters. The van der Waals surface area contributed by atoms with Crippen LogP contribution in [0.5, 0.6) is 28.7 Å². The number of phenols is 3. The molecule has 2 aliphatic rings. The number of ether oxygens (including phenoxy) is 2. The minimum absolute atomic E-state index is 0.00667. The van der Waals surface area contributed by atoms with Crippen LogP contribution in [-0.2, 0) is 12.0 Å². The van der Waals surface area contributed by atoms with Gasteiger partial charge in [-0.05, 0) is 66.0 Å². The largest absolute Gasteiger partial charge is 0.508 e. The van der Waals surface area contributed by atoms with Gasteiger partial charge in [-0.3, -0.25) is 4.79 Å². The summed E-state index contributed by atoms with van der Waals surface area (Å²) in [6, 6.07) is 5.38. The van der Waals surface area contributed by atoms with Gasteiger partial charge in [0.2, 0.25) is 11.4 Å². The molecule has 2 heterocycles. The summed E-state index contributed by atoms with van der Waals surface area (Å²) in [6.45, 7) is 9.86. The lowest BCUT2D eigenvalue weighted by Gasteiger charge is -2.43. The second-order valence-electron chi connectivity index (χ2n) is 10.3. The molecule has 2 aromatic carbocycles. The normalized spacial score (nSPS) is 21.8. The van der Waals surface area contributed by atoms with E-state index >= 15 is 0 Å². The fourth-order valence-electron chi connectivity index (χ4n) is 4.86. The van der Waals surface area contributed by atoms with Gasteiger partial charge in [-0.25, -0.2) is 0 Å². The number of ketones is 1. The molecule has 2 aliphatic heterocycles. The maximum atomic E-state index is 13.8. The molecule has 0 saturated carbocycles. The van der Waals surface area contributed by atoms with Crippen molar-refractivity contribution in [2.24, 2.45) is 0 Å². The molecule has 0 aromatic heterocycles. The van der Waals surface area contributed by atoms with Gasteiger partial charge in [0.1, 0.15) is 34.3 Å². The number of hydrogen-bond donors (Lipinski definition) is 4. The van der Waals surface area contributed by atoms with Crippen molar-refractivity contribution in [3.05, 3.63) is 75.9 Å². The molecule has 0 fully saturated rings. The molecule has 0 bridgehead atoms. The Hall–Kier alpha value is -3.71. The molecule has 7 nitrogen and oxygen atoms in total. The first-order valence-electron chi connectivity index (χ1n) is 12.4. The van der Waals surface area contributed by atoms with Crippen LogP contribution in [0.4, 0.5) is 0 Å². The summed E-state index contributed by atoms with van der Waals surface area (Å²) in [6.07, 6.45) is 7.98. The third-order valence-electron chi connectivity index (χ3n) is 6.90. The van der Waals surface area contributed by atoms with E-state index in [1.807, 2.05) is 46.8 Å². The van der Waals surface area contributed by atoms with Gasteiger partial charge in [0, 0.05) is 29.7 Å². The molecule has 0 saturated heterocycles. The van der Waals surface area contributed by atoms with Crippen molar-refractivity contribution >= 4 is 5.78 Å². The summed E-state index contributed by atoms with van der Waals surface area (Å²) >= 11 is 0. The van der Waals surface area contributed by atoms with Crippen LogP contribution < -0.4 is 9.47 Å². The first kappa shape index (κ1) is 26.4. The predicted molar refractivity (Wildman–Crippen MR) is 140 cm³/mol. The fourth-order valence-corrected chi connectivity index (χ4v) is 4.86. The molecule has 0 spiro atoms. The standard InChI is InChI=1S/C30H34O7/c1-17(2)7-6-8-19(5)9-11-21-23(32)16-24(33)26-27(21)37-29(14-13-18(3)4)22-12-10-20(31)15-25(22)36-30(29,35)28(26)34/h7,9-10,12-13,15-16,31-33,35H,6,8,11,14H2,1-5H3/b19-9+/t29-,30-/m1/s1. The van der Waals surface area contributed by atoms with E-state index in [1.165, 1.54) is 17.7 Å². The Balaban J connectivity index is 1.86. The quantitative estimate of drug-likeness (QED) is 0.343. The summed E-state index contributed by atoms with van der Waals surface area (Å²) in [5.41, 5.74) is 2.03. The highest BCUT2D eigenvalue weighted by Crippen LogP contribution is 2.59. The summed E-state index contributed by atoms with van der Waals surface area (Å²) in [5, 5.41) is 43.2. The van der Waals surface area contributed by atoms with Crippen LogP contribution in [0.25, 0.3) is 0 Å². The Morgan fingerprint density at radius 2 is 1.62 bits per heavy atom. The zero-order valence-electron chi connectivity index (χ0n) is 21.9. The van der Waals surface area contributed by atoms with Gasteiger partial charge in [-0.1, -0.05) is 34.9 Å². The second kappa shape index (κ2) is 9.63. The minimum atomic E-state index is -2.50. The lowest BCUT2D eigenvalue weighted by molar-refractivity contribution is -0.201. The lowest BCUT2D eigenvalue weighted by atomic mass is 9.76. The van der Waals surface area contributed by atoms with Crippen LogP contribution in [-0.4, -0.2) is 32.0 Å². The molecule has 7 heteroatoms. The van der Waals surface area contributed by atoms with Crippen molar-refractivity contribution in [1.29, 1.82) is 0 Å². The van der Waals surface area contributed by atoms with Crippen molar-refractivity contribution in [3.8, 4) is 28.7 Å². The van der Waals surface area contributed by atoms with Gasteiger partial charge in [-0.15, -0.1) is 0 Å². The summed E-state index contributed by atoms with van der Waals surface area (Å²) < 4.78 is 12.3. The Kier molecular flexibility index (Phi) is 6.86. The fraction of sp³-hybridized carbons (Fsp3) is 0.367. The maximum absolute atomic E-state index is 13.8. The first-order valence-corrected chi connectivity index (χ1v) is 12.4. The number of aliphatic hydroxyl groups is 1. The van der Waals surface area contributed by atoms with Crippen LogP contribution in [0, 0.1) is 0 Å². The highest BCUT2D eigenvalue weighted by atomic mass is 16.7. The lowest BCUT2D eigenvalue weighted by Crippen LogP contribution is -2.62. The Labute approximate surface area is 217 Å². The minimum Gasteiger partial charge on any atom is -0.508 e. The topological polar surface area (TPSA) is 116 Å². The highest BCUT2D eigenvalue weighted by molar-refractivity contribution is 6.09. The van der Waals surface area contributed by atoms with Crippen molar-refractivity contribution in [1.82, 2.24) is 0 Å². The molecule has 2 aromatic rings. The van der Waals surface area contributed by atoms with Crippen molar-refractivity contribution in [2.45, 2.75) is 71.7 Å². The molecule has 2 atom stereocenters. The molecule has 0 amide bonds. The van der Waals surface area contributed by atoms with Gasteiger partial charge < -0.3 is 29.9 Å². The SMILES string of the molecule is CC(C)=CCC/C(C)=C/Cc1c(O)cc(O)c2c1O[C@]1(CC=C(C)C)c3ccc(O)cc3O[C@]1(O)C2=O. The van der Waals surface area contributed by atoms with E-state index in [0.717, 1.165) is 30.1 Å². The van der Waals surface area contributed by atoms with Crippen LogP contribution in [0.15, 0.2) is 59.2 Å². The van der Waals surface area contributed by atoms with Crippen LogP contribution in [0.3, 0.4) is 0 Å². The third kappa shape index (κ3) is 4.48. The number of allylic oxidation sites excluding steroid dienone is 5. The number of fused-ring (bicyclic) bond motifs is 4. The van der Waals surface area contributed by atoms with Crippen molar-refractivity contribution in [2.75, 3.05) is 0 Å². The van der Waals surface area contributed by atoms with Crippen LogP contribution in [0.2, 0.25) is 0 Å². The zero-order chi connectivity index (χ0) is 27.1. The van der Waals surface area contributed by atoms with E-state index in [9.17, 15) is 25.2 Å². The number of benzene rings is 2. The van der Waals surface area contributed by atoms with Gasteiger partial charge in [0.05, 0.1) is 0 Å². The predicted octanol–water partition coefficient (Wildman–Crippen LogP) is 5.95. The highest BCUT2D eigenvalue weighted by Gasteiger charge is 2.69. The summed E-state index contributed by atoms with van der Waals surface area (Å²) in [5.74, 6) is -4.10. The number of carbonyl (C=O) groups excluding carboxylic acids is 1. The van der Waals surface area contributed by atoms with E-state index in [2.05, 4.69) is 6.08 Å². The number of carbonyl (C=O) groups is 1. The molecule has 4 N–H and O–H groups in total. The molecule has 37 heavy (non-hydrogen) atoms. The summed E-state index contributed by atoms with van der Waals surface area (Å²) in [7, 11) is 0.